The molecule has 4 aromatic rings. The maximum atomic E-state index is 13.4. The summed E-state index contributed by atoms with van der Waals surface area (Å²) in [5.74, 6) is 0. The molecule has 152 valence electrons. The van der Waals surface area contributed by atoms with Crippen LogP contribution in [0.15, 0.2) is 76.2 Å². The molecule has 4 rings (SSSR count). The van der Waals surface area contributed by atoms with Crippen molar-refractivity contribution >= 4 is 42.5 Å². The largest absolute Gasteiger partial charge is 0.272 e. The summed E-state index contributed by atoms with van der Waals surface area (Å²) in [6.45, 7) is 3.56. The third-order valence-electron chi connectivity index (χ3n) is 5.10. The Bertz CT molecular complexity index is 1410. The van der Waals surface area contributed by atoms with Crippen LogP contribution in [-0.2, 0) is 10.0 Å². The molecule has 0 aliphatic rings. The first-order valence-corrected chi connectivity index (χ1v) is 11.3. The lowest BCUT2D eigenvalue weighted by atomic mass is 9.99. The predicted octanol–water partition coefficient (Wildman–Crippen LogP) is 5.83. The Balaban J connectivity index is 2.03. The molecule has 0 saturated carbocycles. The number of halogens is 1. The fraction of sp³-hybridized carbons (Fsp3) is 0.0909. The molecular formula is C22H17BrN2O4S. The van der Waals surface area contributed by atoms with Crippen LogP contribution in [0.3, 0.4) is 0 Å². The molecular weight excluding hydrogens is 468 g/mol. The minimum Gasteiger partial charge on any atom is -0.258 e. The van der Waals surface area contributed by atoms with Gasteiger partial charge < -0.3 is 0 Å². The Morgan fingerprint density at radius 3 is 2.33 bits per heavy atom. The zero-order valence-corrected chi connectivity index (χ0v) is 18.6. The summed E-state index contributed by atoms with van der Waals surface area (Å²) in [6, 6.07) is 16.8. The second-order valence-corrected chi connectivity index (χ2v) is 9.76. The Morgan fingerprint density at radius 1 is 0.967 bits per heavy atom. The predicted molar refractivity (Wildman–Crippen MR) is 120 cm³/mol. The summed E-state index contributed by atoms with van der Waals surface area (Å²) < 4.78 is 28.8. The van der Waals surface area contributed by atoms with Crippen molar-refractivity contribution in [3.8, 4) is 11.1 Å². The fourth-order valence-corrected chi connectivity index (χ4v) is 5.25. The first-order chi connectivity index (χ1) is 14.2. The molecule has 0 unspecified atom stereocenters. The van der Waals surface area contributed by atoms with E-state index in [2.05, 4.69) is 15.9 Å². The van der Waals surface area contributed by atoms with Crippen LogP contribution < -0.4 is 0 Å². The van der Waals surface area contributed by atoms with Gasteiger partial charge in [-0.05, 0) is 49.7 Å². The number of aromatic nitrogens is 1. The number of nitrogens with zero attached hydrogens (tertiary/aromatic N) is 2. The van der Waals surface area contributed by atoms with Crippen molar-refractivity contribution in [3.63, 3.8) is 0 Å². The smallest absolute Gasteiger partial charge is 0.258 e. The quantitative estimate of drug-likeness (QED) is 0.269. The zero-order chi connectivity index (χ0) is 21.6. The monoisotopic (exact) mass is 484 g/mol. The first kappa shape index (κ1) is 20.3. The third-order valence-corrected chi connectivity index (χ3v) is 7.28. The average Bonchev–Trinajstić information content (AvgIpc) is 3.07. The normalized spacial score (nSPS) is 11.7. The lowest BCUT2D eigenvalue weighted by Gasteiger charge is -2.08. The molecule has 3 aromatic carbocycles. The molecule has 1 heterocycles. The summed E-state index contributed by atoms with van der Waals surface area (Å²) in [5, 5.41) is 12.1. The number of nitro benzene ring substituents is 1. The molecule has 8 heteroatoms. The molecule has 0 aliphatic carbocycles. The summed E-state index contributed by atoms with van der Waals surface area (Å²) in [5.41, 5.74) is 3.16. The van der Waals surface area contributed by atoms with E-state index in [1.807, 2.05) is 13.0 Å². The Labute approximate surface area is 182 Å². The highest BCUT2D eigenvalue weighted by Gasteiger charge is 2.24. The summed E-state index contributed by atoms with van der Waals surface area (Å²) >= 11 is 3.44. The second-order valence-electron chi connectivity index (χ2n) is 7.02. The van der Waals surface area contributed by atoms with E-state index in [-0.39, 0.29) is 10.6 Å². The standard InChI is InChI=1S/C22H17BrN2O4S/c1-14-6-9-17(10-7-14)30(28,29)24-13-20(19-12-16(23)8-11-22(19)24)18-4-3-5-21(15(18)2)25(26)27/h3-13H,1-2H3. The van der Waals surface area contributed by atoms with E-state index in [0.717, 1.165) is 10.0 Å². The second kappa shape index (κ2) is 7.37. The van der Waals surface area contributed by atoms with E-state index < -0.39 is 14.9 Å². The van der Waals surface area contributed by atoms with Crippen LogP contribution in [0, 0.1) is 24.0 Å². The first-order valence-electron chi connectivity index (χ1n) is 9.07. The van der Waals surface area contributed by atoms with Crippen LogP contribution in [0.1, 0.15) is 11.1 Å². The maximum Gasteiger partial charge on any atom is 0.272 e. The van der Waals surface area contributed by atoms with Gasteiger partial charge in [-0.25, -0.2) is 12.4 Å². The minimum absolute atomic E-state index is 0.00946. The maximum absolute atomic E-state index is 13.4. The van der Waals surface area contributed by atoms with Gasteiger partial charge in [0.1, 0.15) is 0 Å². The van der Waals surface area contributed by atoms with E-state index in [4.69, 9.17) is 0 Å². The molecule has 0 amide bonds. The number of hydrogen-bond donors (Lipinski definition) is 0. The number of rotatable bonds is 4. The molecule has 6 nitrogen and oxygen atoms in total. The molecule has 0 spiro atoms. The van der Waals surface area contributed by atoms with Crippen molar-refractivity contribution in [2.45, 2.75) is 18.7 Å². The molecule has 0 radical (unpaired) electrons. The minimum atomic E-state index is -3.85. The topological polar surface area (TPSA) is 82.2 Å². The Kier molecular flexibility index (Phi) is 4.99. The van der Waals surface area contributed by atoms with Gasteiger partial charge in [0.05, 0.1) is 15.3 Å². The van der Waals surface area contributed by atoms with E-state index in [0.29, 0.717) is 27.6 Å². The van der Waals surface area contributed by atoms with Crippen LogP contribution in [0.5, 0.6) is 0 Å². The number of benzene rings is 3. The molecule has 30 heavy (non-hydrogen) atoms. The molecule has 1 aromatic heterocycles. The van der Waals surface area contributed by atoms with Crippen molar-refractivity contribution in [1.29, 1.82) is 0 Å². The summed E-state index contributed by atoms with van der Waals surface area (Å²) in [6.07, 6.45) is 1.54. The van der Waals surface area contributed by atoms with Gasteiger partial charge in [-0.15, -0.1) is 0 Å². The van der Waals surface area contributed by atoms with Crippen molar-refractivity contribution in [2.75, 3.05) is 0 Å². The van der Waals surface area contributed by atoms with Crippen molar-refractivity contribution in [3.05, 3.63) is 92.6 Å². The Hall–Kier alpha value is -2.97. The molecule has 0 N–H and O–H groups in total. The molecule has 0 saturated heterocycles. The highest BCUT2D eigenvalue weighted by atomic mass is 79.9. The van der Waals surface area contributed by atoms with Gasteiger partial charge in [0, 0.05) is 33.2 Å². The van der Waals surface area contributed by atoms with E-state index in [1.54, 1.807) is 61.7 Å². The lowest BCUT2D eigenvalue weighted by Crippen LogP contribution is -2.11. The van der Waals surface area contributed by atoms with Gasteiger partial charge in [0.15, 0.2) is 0 Å². The van der Waals surface area contributed by atoms with Gasteiger partial charge in [0.25, 0.3) is 15.7 Å². The molecule has 0 atom stereocenters. The van der Waals surface area contributed by atoms with E-state index in [1.165, 1.54) is 10.0 Å². The Morgan fingerprint density at radius 2 is 1.67 bits per heavy atom. The summed E-state index contributed by atoms with van der Waals surface area (Å²) in [4.78, 5) is 11.1. The van der Waals surface area contributed by atoms with Crippen molar-refractivity contribution in [1.82, 2.24) is 3.97 Å². The van der Waals surface area contributed by atoms with Crippen LogP contribution in [0.2, 0.25) is 0 Å². The van der Waals surface area contributed by atoms with Crippen LogP contribution in [0.25, 0.3) is 22.0 Å². The highest BCUT2D eigenvalue weighted by molar-refractivity contribution is 9.10. The third kappa shape index (κ3) is 3.32. The van der Waals surface area contributed by atoms with Gasteiger partial charge in [-0.1, -0.05) is 45.8 Å². The lowest BCUT2D eigenvalue weighted by molar-refractivity contribution is -0.385. The van der Waals surface area contributed by atoms with Crippen LogP contribution in [0.4, 0.5) is 5.69 Å². The zero-order valence-electron chi connectivity index (χ0n) is 16.2. The van der Waals surface area contributed by atoms with Gasteiger partial charge >= 0.3 is 0 Å². The van der Waals surface area contributed by atoms with Crippen LogP contribution in [-0.4, -0.2) is 17.3 Å². The van der Waals surface area contributed by atoms with Gasteiger partial charge in [0.2, 0.25) is 0 Å². The van der Waals surface area contributed by atoms with E-state index >= 15 is 0 Å². The molecule has 0 bridgehead atoms. The molecule has 0 fully saturated rings. The average molecular weight is 485 g/mol. The summed E-state index contributed by atoms with van der Waals surface area (Å²) in [7, 11) is -3.85. The fourth-order valence-electron chi connectivity index (χ4n) is 3.52. The van der Waals surface area contributed by atoms with Crippen molar-refractivity contribution in [2.24, 2.45) is 0 Å². The van der Waals surface area contributed by atoms with Crippen molar-refractivity contribution < 1.29 is 13.3 Å². The number of hydrogen-bond acceptors (Lipinski definition) is 4. The SMILES string of the molecule is Cc1ccc(S(=O)(=O)n2cc(-c3cccc([N+](=O)[O-])c3C)c3cc(Br)ccc32)cc1. The number of aryl methyl sites for hydroxylation is 1. The van der Waals surface area contributed by atoms with Gasteiger partial charge in [-0.3, -0.25) is 10.1 Å². The van der Waals surface area contributed by atoms with Gasteiger partial charge in [-0.2, -0.15) is 0 Å². The van der Waals surface area contributed by atoms with E-state index in [9.17, 15) is 18.5 Å². The van der Waals surface area contributed by atoms with Crippen LogP contribution >= 0.6 is 15.9 Å². The number of nitro groups is 1. The number of fused-ring (bicyclic) bond motifs is 1. The highest BCUT2D eigenvalue weighted by Crippen LogP contribution is 2.38. The molecule has 0 aliphatic heterocycles.